The Kier molecular flexibility index (Phi) is 10.0. The fourth-order valence-electron chi connectivity index (χ4n) is 4.94. The van der Waals surface area contributed by atoms with Crippen molar-refractivity contribution in [2.45, 2.75) is 19.8 Å². The third kappa shape index (κ3) is 7.33. The minimum Gasteiger partial charge on any atom is -0.495 e. The number of nitrogens with one attached hydrogen (secondary N) is 2. The first kappa shape index (κ1) is 29.0. The van der Waals surface area contributed by atoms with Crippen LogP contribution in [0.25, 0.3) is 0 Å². The van der Waals surface area contributed by atoms with Crippen molar-refractivity contribution >= 4 is 28.9 Å². The molecule has 3 aromatic carbocycles. The molecule has 0 radical (unpaired) electrons. The van der Waals surface area contributed by atoms with E-state index >= 15 is 0 Å². The second-order valence-corrected chi connectivity index (χ2v) is 10.3. The first-order valence-electron chi connectivity index (χ1n) is 14.0. The lowest BCUT2D eigenvalue weighted by molar-refractivity contribution is 0.0951. The predicted molar refractivity (Wildman–Crippen MR) is 163 cm³/mol. The van der Waals surface area contributed by atoms with Gasteiger partial charge in [0.2, 0.25) is 0 Å². The van der Waals surface area contributed by atoms with Crippen LogP contribution in [0.1, 0.15) is 39.6 Å². The van der Waals surface area contributed by atoms with Crippen molar-refractivity contribution in [3.8, 4) is 5.75 Å². The fraction of sp³-hybridized carbons (Fsp3) is 0.375. The summed E-state index contributed by atoms with van der Waals surface area (Å²) in [5.41, 5.74) is 4.88. The van der Waals surface area contributed by atoms with Crippen LogP contribution in [0.5, 0.6) is 5.75 Å². The zero-order valence-electron chi connectivity index (χ0n) is 24.1. The van der Waals surface area contributed by atoms with Crippen LogP contribution in [0.15, 0.2) is 66.7 Å². The van der Waals surface area contributed by atoms with Gasteiger partial charge in [0.15, 0.2) is 0 Å². The molecule has 0 spiro atoms. The molecular weight excluding hydrogens is 502 g/mol. The standard InChI is InChI=1S/C32H41N5O3/c1-5-24-11-13-25(14-12-24)31(38)34-26-15-16-28(27(23-26)32(39)33-17-8-18-35(2)3)36-19-21-37(22-20-36)29-9-6-7-10-30(29)40-4/h6-7,9-16,23H,5,8,17-22H2,1-4H3,(H,33,39)(H,34,38). The summed E-state index contributed by atoms with van der Waals surface area (Å²) in [6.07, 6.45) is 1.78. The molecule has 1 aliphatic heterocycles. The Bertz CT molecular complexity index is 1280. The number of amides is 2. The summed E-state index contributed by atoms with van der Waals surface area (Å²) in [5, 5.41) is 6.05. The van der Waals surface area contributed by atoms with Crippen LogP contribution in [-0.4, -0.2) is 77.2 Å². The number of ether oxygens (including phenoxy) is 1. The van der Waals surface area contributed by atoms with Crippen LogP contribution in [-0.2, 0) is 6.42 Å². The number of rotatable bonds is 11. The molecule has 40 heavy (non-hydrogen) atoms. The Balaban J connectivity index is 1.51. The second kappa shape index (κ2) is 13.8. The maximum atomic E-state index is 13.4. The molecule has 0 aromatic heterocycles. The van der Waals surface area contributed by atoms with Crippen molar-refractivity contribution in [3.05, 3.63) is 83.4 Å². The number of aryl methyl sites for hydroxylation is 1. The lowest BCUT2D eigenvalue weighted by Crippen LogP contribution is -2.47. The van der Waals surface area contributed by atoms with Gasteiger partial charge >= 0.3 is 0 Å². The van der Waals surface area contributed by atoms with Crippen LogP contribution in [0.3, 0.4) is 0 Å². The topological polar surface area (TPSA) is 77.1 Å². The minimum atomic E-state index is -0.196. The lowest BCUT2D eigenvalue weighted by atomic mass is 10.1. The normalized spacial score (nSPS) is 13.3. The van der Waals surface area contributed by atoms with E-state index in [1.54, 1.807) is 13.2 Å². The molecular formula is C32H41N5O3. The number of carbonyl (C=O) groups is 2. The van der Waals surface area contributed by atoms with Gasteiger partial charge in [-0.2, -0.15) is 0 Å². The zero-order valence-corrected chi connectivity index (χ0v) is 24.1. The van der Waals surface area contributed by atoms with E-state index in [0.29, 0.717) is 23.4 Å². The number of piperazine rings is 1. The third-order valence-corrected chi connectivity index (χ3v) is 7.24. The van der Waals surface area contributed by atoms with Gasteiger partial charge in [0, 0.05) is 49.7 Å². The average Bonchev–Trinajstić information content (AvgIpc) is 2.99. The predicted octanol–water partition coefficient (Wildman–Crippen LogP) is 4.52. The van der Waals surface area contributed by atoms with E-state index in [2.05, 4.69) is 38.3 Å². The average molecular weight is 544 g/mol. The number of hydrogen-bond donors (Lipinski definition) is 2. The number of benzene rings is 3. The summed E-state index contributed by atoms with van der Waals surface area (Å²) in [6, 6.07) is 21.3. The van der Waals surface area contributed by atoms with E-state index in [9.17, 15) is 9.59 Å². The second-order valence-electron chi connectivity index (χ2n) is 10.3. The van der Waals surface area contributed by atoms with Crippen LogP contribution in [0, 0.1) is 0 Å². The maximum Gasteiger partial charge on any atom is 0.255 e. The summed E-state index contributed by atoms with van der Waals surface area (Å²) in [5.74, 6) is 0.528. The number of methoxy groups -OCH3 is 1. The fourth-order valence-corrected chi connectivity index (χ4v) is 4.94. The van der Waals surface area contributed by atoms with Crippen molar-refractivity contribution in [1.29, 1.82) is 0 Å². The molecule has 3 aromatic rings. The molecule has 0 atom stereocenters. The monoisotopic (exact) mass is 543 g/mol. The first-order valence-corrected chi connectivity index (χ1v) is 14.0. The SMILES string of the molecule is CCc1ccc(C(=O)Nc2ccc(N3CCN(c4ccccc4OC)CC3)c(C(=O)NCCCN(C)C)c2)cc1. The van der Waals surface area contributed by atoms with E-state index in [1.165, 1.54) is 5.56 Å². The molecule has 1 fully saturated rings. The Labute approximate surface area is 237 Å². The molecule has 1 aliphatic rings. The van der Waals surface area contributed by atoms with Gasteiger partial charge in [-0.3, -0.25) is 9.59 Å². The number of nitrogens with zero attached hydrogens (tertiary/aromatic N) is 3. The van der Waals surface area contributed by atoms with Gasteiger partial charge in [-0.1, -0.05) is 31.2 Å². The largest absolute Gasteiger partial charge is 0.495 e. The molecule has 2 N–H and O–H groups in total. The molecule has 0 unspecified atom stereocenters. The maximum absolute atomic E-state index is 13.4. The van der Waals surface area contributed by atoms with Gasteiger partial charge in [0.1, 0.15) is 5.75 Å². The molecule has 8 heteroatoms. The van der Waals surface area contributed by atoms with Crippen LogP contribution < -0.4 is 25.2 Å². The molecule has 8 nitrogen and oxygen atoms in total. The number of hydrogen-bond acceptors (Lipinski definition) is 6. The molecule has 212 valence electrons. The highest BCUT2D eigenvalue weighted by molar-refractivity contribution is 6.06. The van der Waals surface area contributed by atoms with Crippen molar-refractivity contribution in [2.75, 3.05) is 75.6 Å². The highest BCUT2D eigenvalue weighted by Gasteiger charge is 2.24. The molecule has 1 saturated heterocycles. The summed E-state index contributed by atoms with van der Waals surface area (Å²) in [4.78, 5) is 33.0. The zero-order chi connectivity index (χ0) is 28.5. The highest BCUT2D eigenvalue weighted by atomic mass is 16.5. The Morgan fingerprint density at radius 2 is 1.55 bits per heavy atom. The summed E-state index contributed by atoms with van der Waals surface area (Å²) in [6.45, 7) is 6.68. The van der Waals surface area contributed by atoms with Crippen molar-refractivity contribution < 1.29 is 14.3 Å². The highest BCUT2D eigenvalue weighted by Crippen LogP contribution is 2.31. The molecule has 2 amide bonds. The molecule has 1 heterocycles. The number of anilines is 3. The van der Waals surface area contributed by atoms with E-state index in [4.69, 9.17) is 4.74 Å². The molecule has 0 saturated carbocycles. The summed E-state index contributed by atoms with van der Waals surface area (Å²) >= 11 is 0. The van der Waals surface area contributed by atoms with E-state index in [-0.39, 0.29) is 11.8 Å². The minimum absolute atomic E-state index is 0.135. The Hall–Kier alpha value is -4.04. The van der Waals surface area contributed by atoms with Crippen LogP contribution in [0.4, 0.5) is 17.1 Å². The molecule has 0 aliphatic carbocycles. The van der Waals surface area contributed by atoms with Crippen LogP contribution in [0.2, 0.25) is 0 Å². The van der Waals surface area contributed by atoms with E-state index < -0.39 is 0 Å². The number of carbonyl (C=O) groups excluding carboxylic acids is 2. The van der Waals surface area contributed by atoms with Crippen molar-refractivity contribution in [3.63, 3.8) is 0 Å². The van der Waals surface area contributed by atoms with Gasteiger partial charge in [0.25, 0.3) is 11.8 Å². The molecule has 0 bridgehead atoms. The summed E-state index contributed by atoms with van der Waals surface area (Å²) < 4.78 is 5.56. The van der Waals surface area contributed by atoms with Crippen LogP contribution >= 0.6 is 0 Å². The summed E-state index contributed by atoms with van der Waals surface area (Å²) in [7, 11) is 5.73. The van der Waals surface area contributed by atoms with Gasteiger partial charge in [-0.15, -0.1) is 0 Å². The lowest BCUT2D eigenvalue weighted by Gasteiger charge is -2.38. The Morgan fingerprint density at radius 3 is 2.20 bits per heavy atom. The molecule has 4 rings (SSSR count). The quantitative estimate of drug-likeness (QED) is 0.347. The smallest absolute Gasteiger partial charge is 0.255 e. The van der Waals surface area contributed by atoms with Crippen molar-refractivity contribution in [2.24, 2.45) is 0 Å². The van der Waals surface area contributed by atoms with Crippen molar-refractivity contribution in [1.82, 2.24) is 10.2 Å². The van der Waals surface area contributed by atoms with Gasteiger partial charge in [-0.05, 0) is 81.5 Å². The van der Waals surface area contributed by atoms with E-state index in [0.717, 1.165) is 62.7 Å². The first-order chi connectivity index (χ1) is 19.4. The van der Waals surface area contributed by atoms with Gasteiger partial charge < -0.3 is 30.1 Å². The third-order valence-electron chi connectivity index (χ3n) is 7.24. The number of para-hydroxylation sites is 2. The van der Waals surface area contributed by atoms with Gasteiger partial charge in [-0.25, -0.2) is 0 Å². The van der Waals surface area contributed by atoms with E-state index in [1.807, 2.05) is 68.7 Å². The Morgan fingerprint density at radius 1 is 0.875 bits per heavy atom. The van der Waals surface area contributed by atoms with Gasteiger partial charge in [0.05, 0.1) is 18.4 Å².